The number of likely N-dealkylation sites (N-methyl/N-ethyl adjacent to an activating group) is 1. The molecule has 1 rings (SSSR count). The van der Waals surface area contributed by atoms with Crippen LogP contribution in [0.25, 0.3) is 0 Å². The van der Waals surface area contributed by atoms with Gasteiger partial charge in [0.1, 0.15) is 0 Å². The van der Waals surface area contributed by atoms with Gasteiger partial charge < -0.3 is 20.1 Å². The quantitative estimate of drug-likeness (QED) is 0.836. The van der Waals surface area contributed by atoms with E-state index in [0.29, 0.717) is 18.0 Å². The van der Waals surface area contributed by atoms with Crippen LogP contribution in [-0.4, -0.2) is 44.7 Å². The third-order valence-corrected chi connectivity index (χ3v) is 2.95. The number of hydrogen-bond acceptors (Lipinski definition) is 4. The molecular weight excluding hydrogens is 244 g/mol. The number of nitrogens with two attached hydrogens (primary N) is 1. The first-order chi connectivity index (χ1) is 8.99. The molecule has 19 heavy (non-hydrogen) atoms. The minimum atomic E-state index is -0.463. The normalized spacial score (nSPS) is 11.8. The van der Waals surface area contributed by atoms with Crippen LogP contribution in [0.15, 0.2) is 18.2 Å². The Morgan fingerprint density at radius 1 is 1.32 bits per heavy atom. The summed E-state index contributed by atoms with van der Waals surface area (Å²) in [6.45, 7) is 2.31. The molecule has 1 aromatic carbocycles. The van der Waals surface area contributed by atoms with Gasteiger partial charge in [0, 0.05) is 13.6 Å². The fourth-order valence-corrected chi connectivity index (χ4v) is 1.79. The maximum absolute atomic E-state index is 11.6. The average molecular weight is 266 g/mol. The SMILES string of the molecule is COc1ccc(CCN(C)C(=O)C(C)N)cc1OC. The first-order valence-corrected chi connectivity index (χ1v) is 6.21. The summed E-state index contributed by atoms with van der Waals surface area (Å²) in [7, 11) is 4.96. The Bertz CT molecular complexity index is 433. The molecule has 0 saturated heterocycles. The summed E-state index contributed by atoms with van der Waals surface area (Å²) in [4.78, 5) is 13.3. The molecule has 1 aromatic rings. The smallest absolute Gasteiger partial charge is 0.238 e. The van der Waals surface area contributed by atoms with Crippen molar-refractivity contribution in [3.05, 3.63) is 23.8 Å². The highest BCUT2D eigenvalue weighted by Crippen LogP contribution is 2.27. The topological polar surface area (TPSA) is 64.8 Å². The van der Waals surface area contributed by atoms with E-state index < -0.39 is 6.04 Å². The van der Waals surface area contributed by atoms with E-state index in [1.807, 2.05) is 18.2 Å². The van der Waals surface area contributed by atoms with Gasteiger partial charge >= 0.3 is 0 Å². The molecule has 1 unspecified atom stereocenters. The van der Waals surface area contributed by atoms with Crippen molar-refractivity contribution in [2.75, 3.05) is 27.8 Å². The Morgan fingerprint density at radius 3 is 2.47 bits per heavy atom. The Kier molecular flexibility index (Phi) is 5.63. The van der Waals surface area contributed by atoms with Crippen molar-refractivity contribution < 1.29 is 14.3 Å². The molecule has 0 aliphatic rings. The molecular formula is C14H22N2O3. The molecule has 0 aliphatic heterocycles. The van der Waals surface area contributed by atoms with Crippen molar-refractivity contribution >= 4 is 5.91 Å². The lowest BCUT2D eigenvalue weighted by atomic mass is 10.1. The minimum absolute atomic E-state index is 0.0551. The largest absolute Gasteiger partial charge is 0.493 e. The number of nitrogens with zero attached hydrogens (tertiary/aromatic N) is 1. The van der Waals surface area contributed by atoms with E-state index in [2.05, 4.69) is 0 Å². The van der Waals surface area contributed by atoms with Crippen molar-refractivity contribution in [2.24, 2.45) is 5.73 Å². The van der Waals surface area contributed by atoms with Gasteiger partial charge in [-0.3, -0.25) is 4.79 Å². The van der Waals surface area contributed by atoms with Gasteiger partial charge in [0.25, 0.3) is 0 Å². The maximum Gasteiger partial charge on any atom is 0.238 e. The van der Waals surface area contributed by atoms with Crippen LogP contribution in [0.2, 0.25) is 0 Å². The number of amides is 1. The minimum Gasteiger partial charge on any atom is -0.493 e. The van der Waals surface area contributed by atoms with Gasteiger partial charge in [0.05, 0.1) is 20.3 Å². The molecule has 0 saturated carbocycles. The van der Waals surface area contributed by atoms with Gasteiger partial charge in [-0.1, -0.05) is 6.07 Å². The van der Waals surface area contributed by atoms with Gasteiger partial charge in [-0.2, -0.15) is 0 Å². The van der Waals surface area contributed by atoms with E-state index in [9.17, 15) is 4.79 Å². The fraction of sp³-hybridized carbons (Fsp3) is 0.500. The first kappa shape index (κ1) is 15.3. The van der Waals surface area contributed by atoms with Crippen LogP contribution in [0, 0.1) is 0 Å². The third kappa shape index (κ3) is 4.13. The molecule has 0 fully saturated rings. The average Bonchev–Trinajstić information content (AvgIpc) is 2.43. The zero-order chi connectivity index (χ0) is 14.4. The molecule has 5 heteroatoms. The van der Waals surface area contributed by atoms with Crippen LogP contribution in [0.3, 0.4) is 0 Å². The lowest BCUT2D eigenvalue weighted by Gasteiger charge is -2.19. The number of benzene rings is 1. The summed E-state index contributed by atoms with van der Waals surface area (Å²) in [6, 6.07) is 5.28. The monoisotopic (exact) mass is 266 g/mol. The Morgan fingerprint density at radius 2 is 1.95 bits per heavy atom. The highest BCUT2D eigenvalue weighted by molar-refractivity contribution is 5.80. The van der Waals surface area contributed by atoms with Gasteiger partial charge in [0.15, 0.2) is 11.5 Å². The van der Waals surface area contributed by atoms with Crippen molar-refractivity contribution in [2.45, 2.75) is 19.4 Å². The Balaban J connectivity index is 2.65. The van der Waals surface area contributed by atoms with Crippen molar-refractivity contribution in [1.82, 2.24) is 4.90 Å². The second-order valence-electron chi connectivity index (χ2n) is 4.49. The van der Waals surface area contributed by atoms with Crippen LogP contribution in [0.5, 0.6) is 11.5 Å². The van der Waals surface area contributed by atoms with Crippen molar-refractivity contribution in [1.29, 1.82) is 0 Å². The van der Waals surface area contributed by atoms with Gasteiger partial charge in [-0.25, -0.2) is 0 Å². The van der Waals surface area contributed by atoms with E-state index in [4.69, 9.17) is 15.2 Å². The summed E-state index contributed by atoms with van der Waals surface area (Å²) < 4.78 is 10.4. The molecule has 2 N–H and O–H groups in total. The predicted octanol–water partition coefficient (Wildman–Crippen LogP) is 1.05. The second kappa shape index (κ2) is 6.99. The lowest BCUT2D eigenvalue weighted by Crippen LogP contribution is -2.40. The molecule has 1 atom stereocenters. The van der Waals surface area contributed by atoms with E-state index in [1.54, 1.807) is 33.1 Å². The van der Waals surface area contributed by atoms with Crippen LogP contribution in [-0.2, 0) is 11.2 Å². The molecule has 0 aromatic heterocycles. The number of rotatable bonds is 6. The highest BCUT2D eigenvalue weighted by atomic mass is 16.5. The maximum atomic E-state index is 11.6. The third-order valence-electron chi connectivity index (χ3n) is 2.95. The summed E-state index contributed by atoms with van der Waals surface area (Å²) in [6.07, 6.45) is 0.745. The molecule has 0 spiro atoms. The molecule has 0 heterocycles. The lowest BCUT2D eigenvalue weighted by molar-refractivity contribution is -0.130. The second-order valence-corrected chi connectivity index (χ2v) is 4.49. The summed E-state index contributed by atoms with van der Waals surface area (Å²) >= 11 is 0. The Hall–Kier alpha value is -1.75. The van der Waals surface area contributed by atoms with E-state index in [-0.39, 0.29) is 5.91 Å². The number of ether oxygens (including phenoxy) is 2. The predicted molar refractivity (Wildman–Crippen MR) is 74.5 cm³/mol. The molecule has 1 amide bonds. The number of hydrogen-bond donors (Lipinski definition) is 1. The van der Waals surface area contributed by atoms with Gasteiger partial charge in [0.2, 0.25) is 5.91 Å². The van der Waals surface area contributed by atoms with Crippen LogP contribution < -0.4 is 15.2 Å². The number of carbonyl (C=O) groups is 1. The van der Waals surface area contributed by atoms with E-state index in [0.717, 1.165) is 12.0 Å². The highest BCUT2D eigenvalue weighted by Gasteiger charge is 2.13. The zero-order valence-corrected chi connectivity index (χ0v) is 12.0. The fourth-order valence-electron chi connectivity index (χ4n) is 1.79. The number of carbonyl (C=O) groups excluding carboxylic acids is 1. The summed E-state index contributed by atoms with van der Waals surface area (Å²) in [5.74, 6) is 1.34. The molecule has 0 aliphatic carbocycles. The van der Waals surface area contributed by atoms with Crippen LogP contribution >= 0.6 is 0 Å². The van der Waals surface area contributed by atoms with Crippen LogP contribution in [0.1, 0.15) is 12.5 Å². The Labute approximate surface area is 114 Å². The standard InChI is InChI=1S/C14H22N2O3/c1-10(15)14(17)16(2)8-7-11-5-6-12(18-3)13(9-11)19-4/h5-6,9-10H,7-8,15H2,1-4H3. The molecule has 0 bridgehead atoms. The summed E-state index contributed by atoms with van der Waals surface area (Å²) in [5.41, 5.74) is 6.65. The molecule has 0 radical (unpaired) electrons. The van der Waals surface area contributed by atoms with Crippen molar-refractivity contribution in [3.63, 3.8) is 0 Å². The zero-order valence-electron chi connectivity index (χ0n) is 12.0. The number of methoxy groups -OCH3 is 2. The van der Waals surface area contributed by atoms with Gasteiger partial charge in [-0.05, 0) is 31.0 Å². The summed E-state index contributed by atoms with van der Waals surface area (Å²) in [5, 5.41) is 0. The molecule has 106 valence electrons. The van der Waals surface area contributed by atoms with E-state index >= 15 is 0 Å². The molecule has 5 nitrogen and oxygen atoms in total. The van der Waals surface area contributed by atoms with Crippen LogP contribution in [0.4, 0.5) is 0 Å². The van der Waals surface area contributed by atoms with Crippen molar-refractivity contribution in [3.8, 4) is 11.5 Å². The first-order valence-electron chi connectivity index (χ1n) is 6.21. The van der Waals surface area contributed by atoms with E-state index in [1.165, 1.54) is 0 Å². The van der Waals surface area contributed by atoms with Gasteiger partial charge in [-0.15, -0.1) is 0 Å².